The van der Waals surface area contributed by atoms with E-state index >= 15 is 0 Å². The topological polar surface area (TPSA) is 81.5 Å². The first kappa shape index (κ1) is 21.7. The summed E-state index contributed by atoms with van der Waals surface area (Å²) in [4.78, 5) is 18.6. The lowest BCUT2D eigenvalue weighted by molar-refractivity contribution is -0.131. The fourth-order valence-electron chi connectivity index (χ4n) is 3.04. The predicted molar refractivity (Wildman–Crippen MR) is 108 cm³/mol. The van der Waals surface area contributed by atoms with Gasteiger partial charge in [0.05, 0.1) is 11.0 Å². The minimum atomic E-state index is -3.34. The molecule has 0 fully saturated rings. The second-order valence-corrected chi connectivity index (χ2v) is 9.09. The lowest BCUT2D eigenvalue weighted by Gasteiger charge is -2.19. The third kappa shape index (κ3) is 5.53. The van der Waals surface area contributed by atoms with Crippen LogP contribution in [0.3, 0.4) is 0 Å². The fourth-order valence-corrected chi connectivity index (χ4v) is 3.73. The summed E-state index contributed by atoms with van der Waals surface area (Å²) in [5.41, 5.74) is 2.02. The molecular weight excluding hydrogens is 416 g/mol. The van der Waals surface area contributed by atoms with Crippen LogP contribution in [0.15, 0.2) is 48.5 Å². The molecule has 0 unspecified atom stereocenters. The maximum absolute atomic E-state index is 12.8. The zero-order valence-corrected chi connectivity index (χ0v) is 17.3. The van der Waals surface area contributed by atoms with E-state index in [4.69, 9.17) is 0 Å². The van der Waals surface area contributed by atoms with Gasteiger partial charge in [0.15, 0.2) is 9.84 Å². The van der Waals surface area contributed by atoms with Crippen molar-refractivity contribution >= 4 is 26.8 Å². The molecule has 10 heteroatoms. The SMILES string of the molecule is CN(Cc1ccc(OC(F)F)cc1)C(=O)Cn1c(CS(C)(=O)=O)nc2ccccc21. The van der Waals surface area contributed by atoms with Crippen LogP contribution in [0.1, 0.15) is 11.4 Å². The lowest BCUT2D eigenvalue weighted by Crippen LogP contribution is -2.30. The van der Waals surface area contributed by atoms with Crippen molar-refractivity contribution in [1.82, 2.24) is 14.5 Å². The van der Waals surface area contributed by atoms with Crippen molar-refractivity contribution in [2.45, 2.75) is 25.5 Å². The fraction of sp³-hybridized carbons (Fsp3) is 0.300. The molecule has 30 heavy (non-hydrogen) atoms. The minimum Gasteiger partial charge on any atom is -0.435 e. The smallest absolute Gasteiger partial charge is 0.387 e. The lowest BCUT2D eigenvalue weighted by atomic mass is 10.2. The maximum Gasteiger partial charge on any atom is 0.387 e. The molecule has 1 aromatic heterocycles. The van der Waals surface area contributed by atoms with Gasteiger partial charge in [-0.05, 0) is 29.8 Å². The molecule has 1 amide bonds. The van der Waals surface area contributed by atoms with E-state index in [1.54, 1.807) is 48.0 Å². The van der Waals surface area contributed by atoms with Gasteiger partial charge in [0, 0.05) is 19.8 Å². The number of aromatic nitrogens is 2. The predicted octanol–water partition coefficient (Wildman–Crippen LogP) is 2.84. The molecular formula is C20H21F2N3O4S. The van der Waals surface area contributed by atoms with Crippen molar-refractivity contribution in [2.75, 3.05) is 13.3 Å². The summed E-state index contributed by atoms with van der Waals surface area (Å²) in [7, 11) is -1.73. The van der Waals surface area contributed by atoms with E-state index in [0.29, 0.717) is 16.9 Å². The Morgan fingerprint density at radius 1 is 1.17 bits per heavy atom. The summed E-state index contributed by atoms with van der Waals surface area (Å²) in [6, 6.07) is 13.1. The van der Waals surface area contributed by atoms with Crippen molar-refractivity contribution in [3.63, 3.8) is 0 Å². The quantitative estimate of drug-likeness (QED) is 0.541. The summed E-state index contributed by atoms with van der Waals surface area (Å²) in [5.74, 6) is -0.183. The van der Waals surface area contributed by atoms with E-state index < -0.39 is 16.4 Å². The van der Waals surface area contributed by atoms with Crippen LogP contribution in [0.5, 0.6) is 5.75 Å². The number of sulfone groups is 1. The number of alkyl halides is 2. The van der Waals surface area contributed by atoms with Gasteiger partial charge in [-0.25, -0.2) is 13.4 Å². The monoisotopic (exact) mass is 437 g/mol. The minimum absolute atomic E-state index is 0.0398. The molecule has 7 nitrogen and oxygen atoms in total. The number of nitrogens with zero attached hydrogens (tertiary/aromatic N) is 3. The number of para-hydroxylation sites is 2. The number of fused-ring (bicyclic) bond motifs is 1. The van der Waals surface area contributed by atoms with Crippen LogP contribution in [0, 0.1) is 0 Å². The van der Waals surface area contributed by atoms with Crippen LogP contribution in [0.25, 0.3) is 11.0 Å². The Kier molecular flexibility index (Phi) is 6.35. The number of halogens is 2. The Morgan fingerprint density at radius 3 is 2.47 bits per heavy atom. The van der Waals surface area contributed by atoms with Gasteiger partial charge in [0.2, 0.25) is 5.91 Å². The molecule has 0 N–H and O–H groups in total. The molecule has 0 aliphatic heterocycles. The standard InChI is InChI=1S/C20H21F2N3O4S/c1-24(11-14-7-9-15(10-8-14)29-20(21)22)19(26)12-25-17-6-4-3-5-16(17)23-18(25)13-30(2,27)28/h3-10,20H,11-13H2,1-2H3. The van der Waals surface area contributed by atoms with E-state index in [2.05, 4.69) is 9.72 Å². The number of hydrogen-bond acceptors (Lipinski definition) is 5. The van der Waals surface area contributed by atoms with Crippen molar-refractivity contribution in [3.8, 4) is 5.75 Å². The van der Waals surface area contributed by atoms with Crippen LogP contribution < -0.4 is 4.74 Å². The van der Waals surface area contributed by atoms with Crippen LogP contribution in [0.2, 0.25) is 0 Å². The molecule has 3 aromatic rings. The van der Waals surface area contributed by atoms with Crippen LogP contribution in [0.4, 0.5) is 8.78 Å². The molecule has 0 bridgehead atoms. The van der Waals surface area contributed by atoms with Crippen LogP contribution >= 0.6 is 0 Å². The summed E-state index contributed by atoms with van der Waals surface area (Å²) in [6.07, 6.45) is 1.12. The van der Waals surface area contributed by atoms with Gasteiger partial charge >= 0.3 is 6.61 Å². The zero-order valence-electron chi connectivity index (χ0n) is 16.5. The van der Waals surface area contributed by atoms with Gasteiger partial charge in [0.1, 0.15) is 23.9 Å². The third-order valence-corrected chi connectivity index (χ3v) is 5.19. The molecule has 0 radical (unpaired) electrons. The summed E-state index contributed by atoms with van der Waals surface area (Å²) in [5, 5.41) is 0. The summed E-state index contributed by atoms with van der Waals surface area (Å²) < 4.78 is 54.0. The Labute approximate surface area is 172 Å². The van der Waals surface area contributed by atoms with E-state index in [-0.39, 0.29) is 30.5 Å². The Bertz CT molecular complexity index is 1140. The maximum atomic E-state index is 12.8. The van der Waals surface area contributed by atoms with E-state index in [1.807, 2.05) is 0 Å². The number of imidazole rings is 1. The van der Waals surface area contributed by atoms with E-state index in [9.17, 15) is 22.0 Å². The van der Waals surface area contributed by atoms with Gasteiger partial charge in [-0.2, -0.15) is 8.78 Å². The second-order valence-electron chi connectivity index (χ2n) is 6.95. The molecule has 0 atom stereocenters. The Morgan fingerprint density at radius 2 is 1.83 bits per heavy atom. The molecule has 1 heterocycles. The van der Waals surface area contributed by atoms with Crippen molar-refractivity contribution in [1.29, 1.82) is 0 Å². The highest BCUT2D eigenvalue weighted by Crippen LogP contribution is 2.19. The highest BCUT2D eigenvalue weighted by Gasteiger charge is 2.19. The van der Waals surface area contributed by atoms with Gasteiger partial charge in [-0.15, -0.1) is 0 Å². The summed E-state index contributed by atoms with van der Waals surface area (Å²) in [6.45, 7) is -2.72. The molecule has 0 spiro atoms. The largest absolute Gasteiger partial charge is 0.435 e. The average molecular weight is 437 g/mol. The number of benzene rings is 2. The number of amides is 1. The number of hydrogen-bond donors (Lipinski definition) is 0. The zero-order chi connectivity index (χ0) is 21.9. The molecule has 160 valence electrons. The van der Waals surface area contributed by atoms with Crippen LogP contribution in [-0.2, 0) is 33.5 Å². The van der Waals surface area contributed by atoms with Gasteiger partial charge in [-0.3, -0.25) is 4.79 Å². The first-order valence-electron chi connectivity index (χ1n) is 9.02. The molecule has 0 saturated heterocycles. The van der Waals surface area contributed by atoms with Gasteiger partial charge in [0.25, 0.3) is 0 Å². The first-order valence-corrected chi connectivity index (χ1v) is 11.1. The average Bonchev–Trinajstić information content (AvgIpc) is 2.98. The highest BCUT2D eigenvalue weighted by atomic mass is 32.2. The molecule has 0 saturated carbocycles. The third-order valence-electron chi connectivity index (χ3n) is 4.41. The van der Waals surface area contributed by atoms with E-state index in [1.165, 1.54) is 17.0 Å². The van der Waals surface area contributed by atoms with Gasteiger partial charge < -0.3 is 14.2 Å². The molecule has 3 rings (SSSR count). The van der Waals surface area contributed by atoms with Crippen molar-refractivity contribution < 1.29 is 26.7 Å². The van der Waals surface area contributed by atoms with Crippen LogP contribution in [-0.4, -0.2) is 48.7 Å². The van der Waals surface area contributed by atoms with Gasteiger partial charge in [-0.1, -0.05) is 24.3 Å². The van der Waals surface area contributed by atoms with E-state index in [0.717, 1.165) is 11.8 Å². The normalized spacial score (nSPS) is 11.8. The van der Waals surface area contributed by atoms with Crippen molar-refractivity contribution in [2.24, 2.45) is 0 Å². The number of likely N-dealkylation sites (N-methyl/N-ethyl adjacent to an activating group) is 1. The molecule has 0 aliphatic rings. The second kappa shape index (κ2) is 8.78. The Hall–Kier alpha value is -3.01. The molecule has 2 aromatic carbocycles. The molecule has 0 aliphatic carbocycles. The first-order chi connectivity index (χ1) is 14.1. The highest BCUT2D eigenvalue weighted by molar-refractivity contribution is 7.89. The Balaban J connectivity index is 1.76. The number of carbonyl (C=O) groups excluding carboxylic acids is 1. The van der Waals surface area contributed by atoms with Crippen molar-refractivity contribution in [3.05, 3.63) is 59.9 Å². The number of carbonyl (C=O) groups is 1. The summed E-state index contributed by atoms with van der Waals surface area (Å²) >= 11 is 0. The number of ether oxygens (including phenoxy) is 1. The number of rotatable bonds is 8.